The fourth-order valence-electron chi connectivity index (χ4n) is 1.25. The van der Waals surface area contributed by atoms with Gasteiger partial charge in [-0.25, -0.2) is 0 Å². The van der Waals surface area contributed by atoms with E-state index in [9.17, 15) is 9.59 Å². The zero-order valence-electron chi connectivity index (χ0n) is 9.80. The lowest BCUT2D eigenvalue weighted by Gasteiger charge is -2.14. The van der Waals surface area contributed by atoms with Gasteiger partial charge >= 0.3 is 5.97 Å². The van der Waals surface area contributed by atoms with E-state index in [-0.39, 0.29) is 0 Å². The quantitative estimate of drug-likeness (QED) is 0.462. The number of aldehydes is 1. The molecule has 1 aromatic rings. The van der Waals surface area contributed by atoms with Gasteiger partial charge in [0.1, 0.15) is 5.75 Å². The number of esters is 1. The summed E-state index contributed by atoms with van der Waals surface area (Å²) in [7, 11) is 0. The van der Waals surface area contributed by atoms with Crippen molar-refractivity contribution in [1.29, 1.82) is 0 Å². The number of anilines is 1. The second-order valence-electron chi connectivity index (χ2n) is 3.27. The predicted molar refractivity (Wildman–Crippen MR) is 62.9 cm³/mol. The van der Waals surface area contributed by atoms with Crippen LogP contribution in [0.15, 0.2) is 24.3 Å². The van der Waals surface area contributed by atoms with E-state index in [0.29, 0.717) is 18.6 Å². The van der Waals surface area contributed by atoms with Crippen LogP contribution in [0.25, 0.3) is 0 Å². The summed E-state index contributed by atoms with van der Waals surface area (Å²) in [4.78, 5) is 21.4. The van der Waals surface area contributed by atoms with Crippen LogP contribution in [-0.4, -0.2) is 25.1 Å². The minimum absolute atomic E-state index is 0.513. The van der Waals surface area contributed by atoms with E-state index in [1.54, 1.807) is 24.3 Å². The van der Waals surface area contributed by atoms with Crippen molar-refractivity contribution in [3.05, 3.63) is 24.3 Å². The van der Waals surface area contributed by atoms with Crippen LogP contribution in [0.1, 0.15) is 13.8 Å². The molecule has 0 aromatic heterocycles. The van der Waals surface area contributed by atoms with Gasteiger partial charge in [0, 0.05) is 12.6 Å². The lowest BCUT2D eigenvalue weighted by molar-refractivity contribution is -0.147. The Morgan fingerprint density at radius 3 is 2.53 bits per heavy atom. The largest absolute Gasteiger partial charge is 0.494 e. The summed E-state index contributed by atoms with van der Waals surface area (Å²) in [5.74, 6) is 0.230. The molecule has 0 bridgehead atoms. The van der Waals surface area contributed by atoms with Crippen LogP contribution in [0.3, 0.4) is 0 Å². The van der Waals surface area contributed by atoms with Crippen LogP contribution < -0.4 is 10.1 Å². The highest BCUT2D eigenvalue weighted by molar-refractivity contribution is 5.72. The van der Waals surface area contributed by atoms with Gasteiger partial charge in [0.2, 0.25) is 6.23 Å². The average Bonchev–Trinajstić information content (AvgIpc) is 2.30. The summed E-state index contributed by atoms with van der Waals surface area (Å²) in [5.41, 5.74) is 0.673. The summed E-state index contributed by atoms with van der Waals surface area (Å²) >= 11 is 0. The number of nitrogens with one attached hydrogen (secondary N) is 1. The van der Waals surface area contributed by atoms with Crippen molar-refractivity contribution < 1.29 is 19.1 Å². The van der Waals surface area contributed by atoms with Crippen molar-refractivity contribution in [2.75, 3.05) is 11.9 Å². The van der Waals surface area contributed by atoms with Gasteiger partial charge < -0.3 is 14.8 Å². The molecule has 1 unspecified atom stereocenters. The average molecular weight is 237 g/mol. The van der Waals surface area contributed by atoms with Crippen molar-refractivity contribution in [2.45, 2.75) is 20.1 Å². The van der Waals surface area contributed by atoms with Crippen LogP contribution >= 0.6 is 0 Å². The summed E-state index contributed by atoms with van der Waals surface area (Å²) in [6.07, 6.45) is -0.442. The number of hydrogen-bond donors (Lipinski definition) is 1. The minimum Gasteiger partial charge on any atom is -0.494 e. The zero-order chi connectivity index (χ0) is 12.7. The predicted octanol–water partition coefficient (Wildman–Crippen LogP) is 1.59. The molecule has 0 saturated heterocycles. The Morgan fingerprint density at radius 1 is 1.41 bits per heavy atom. The monoisotopic (exact) mass is 237 g/mol. The van der Waals surface area contributed by atoms with Crippen LogP contribution in [0.2, 0.25) is 0 Å². The topological polar surface area (TPSA) is 64.6 Å². The molecule has 1 rings (SSSR count). The van der Waals surface area contributed by atoms with Gasteiger partial charge in [-0.3, -0.25) is 9.59 Å². The molecule has 0 amide bonds. The molecule has 1 N–H and O–H groups in total. The first-order valence-corrected chi connectivity index (χ1v) is 5.27. The van der Waals surface area contributed by atoms with E-state index in [1.807, 2.05) is 6.92 Å². The second-order valence-corrected chi connectivity index (χ2v) is 3.27. The van der Waals surface area contributed by atoms with Gasteiger partial charge in [-0.15, -0.1) is 0 Å². The van der Waals surface area contributed by atoms with Gasteiger partial charge in [0.15, 0.2) is 6.29 Å². The molecule has 1 atom stereocenters. The summed E-state index contributed by atoms with van der Waals surface area (Å²) < 4.78 is 10.0. The molecule has 5 heteroatoms. The van der Waals surface area contributed by atoms with E-state index in [1.165, 1.54) is 6.92 Å². The highest BCUT2D eigenvalue weighted by Crippen LogP contribution is 2.16. The van der Waals surface area contributed by atoms with E-state index < -0.39 is 12.2 Å². The lowest BCUT2D eigenvalue weighted by atomic mass is 10.3. The van der Waals surface area contributed by atoms with Crippen molar-refractivity contribution in [1.82, 2.24) is 0 Å². The van der Waals surface area contributed by atoms with Crippen molar-refractivity contribution in [2.24, 2.45) is 0 Å². The molecular formula is C12H15NO4. The summed E-state index contributed by atoms with van der Waals surface area (Å²) in [6.45, 7) is 3.74. The SMILES string of the molecule is CCOc1ccc(NC(C=O)OC(C)=O)cc1. The Balaban J connectivity index is 2.60. The molecule has 0 aliphatic heterocycles. The second kappa shape index (κ2) is 6.52. The number of benzene rings is 1. The number of ether oxygens (including phenoxy) is 2. The van der Waals surface area contributed by atoms with Gasteiger partial charge in [0.05, 0.1) is 6.61 Å². The zero-order valence-corrected chi connectivity index (χ0v) is 9.80. The molecule has 0 fully saturated rings. The number of hydrogen-bond acceptors (Lipinski definition) is 5. The fraction of sp³-hybridized carbons (Fsp3) is 0.333. The summed E-state index contributed by atoms with van der Waals surface area (Å²) in [6, 6.07) is 7.01. The first-order valence-electron chi connectivity index (χ1n) is 5.27. The fourth-order valence-corrected chi connectivity index (χ4v) is 1.25. The van der Waals surface area contributed by atoms with Gasteiger partial charge in [-0.05, 0) is 31.2 Å². The molecule has 5 nitrogen and oxygen atoms in total. The molecule has 1 aromatic carbocycles. The Kier molecular flexibility index (Phi) is 5.00. The van der Waals surface area contributed by atoms with Crippen LogP contribution in [0, 0.1) is 0 Å². The molecule has 92 valence electrons. The van der Waals surface area contributed by atoms with Crippen molar-refractivity contribution in [3.63, 3.8) is 0 Å². The van der Waals surface area contributed by atoms with Crippen molar-refractivity contribution in [3.8, 4) is 5.75 Å². The minimum atomic E-state index is -0.967. The summed E-state index contributed by atoms with van der Waals surface area (Å²) in [5, 5.41) is 2.76. The van der Waals surface area contributed by atoms with Gasteiger partial charge in [-0.1, -0.05) is 0 Å². The maximum atomic E-state index is 10.7. The van der Waals surface area contributed by atoms with Gasteiger partial charge in [-0.2, -0.15) is 0 Å². The highest BCUT2D eigenvalue weighted by atomic mass is 16.6. The van der Waals surface area contributed by atoms with E-state index in [4.69, 9.17) is 9.47 Å². The number of carbonyl (C=O) groups excluding carboxylic acids is 2. The number of rotatable bonds is 6. The Morgan fingerprint density at radius 2 is 2.06 bits per heavy atom. The lowest BCUT2D eigenvalue weighted by Crippen LogP contribution is -2.26. The molecule has 0 spiro atoms. The number of carbonyl (C=O) groups is 2. The van der Waals surface area contributed by atoms with Crippen LogP contribution in [-0.2, 0) is 14.3 Å². The first-order chi connectivity index (χ1) is 8.15. The normalized spacial score (nSPS) is 11.4. The molecular weight excluding hydrogens is 222 g/mol. The third-order valence-electron chi connectivity index (χ3n) is 1.89. The van der Waals surface area contributed by atoms with E-state index in [2.05, 4.69) is 5.32 Å². The van der Waals surface area contributed by atoms with Crippen LogP contribution in [0.4, 0.5) is 5.69 Å². The molecule has 0 saturated carbocycles. The van der Waals surface area contributed by atoms with Gasteiger partial charge in [0.25, 0.3) is 0 Å². The first kappa shape index (κ1) is 13.0. The molecule has 0 radical (unpaired) electrons. The smallest absolute Gasteiger partial charge is 0.304 e. The Labute approximate surface area is 99.7 Å². The molecule has 17 heavy (non-hydrogen) atoms. The maximum Gasteiger partial charge on any atom is 0.304 e. The third-order valence-corrected chi connectivity index (χ3v) is 1.89. The standard InChI is InChI=1S/C12H15NO4/c1-3-16-11-6-4-10(5-7-11)13-12(8-14)17-9(2)15/h4-8,12-13H,3H2,1-2H3. The molecule has 0 aliphatic rings. The van der Waals surface area contributed by atoms with Crippen molar-refractivity contribution >= 4 is 17.9 Å². The molecule has 0 heterocycles. The Hall–Kier alpha value is -2.04. The van der Waals surface area contributed by atoms with Crippen LogP contribution in [0.5, 0.6) is 5.75 Å². The Bertz CT molecular complexity index is 375. The van der Waals surface area contributed by atoms with E-state index in [0.717, 1.165) is 5.75 Å². The molecule has 0 aliphatic carbocycles. The highest BCUT2D eigenvalue weighted by Gasteiger charge is 2.09. The van der Waals surface area contributed by atoms with E-state index >= 15 is 0 Å². The third kappa shape index (κ3) is 4.55. The maximum absolute atomic E-state index is 10.7.